The standard InChI is InChI=1S/C19H21BrClN5O2S.ClH/c1-26-19(23-24-25-26)29-8-7-22-11-13-9-15(20)18(17(10-13)27-2)28-12-14-5-3-4-6-16(14)21;/h3-6,9-10,22H,7-8,11-12H2,1-2H3;1H. The van der Waals surface area contributed by atoms with E-state index in [0.29, 0.717) is 29.7 Å². The van der Waals surface area contributed by atoms with Gasteiger partial charge >= 0.3 is 0 Å². The van der Waals surface area contributed by atoms with E-state index < -0.39 is 0 Å². The minimum atomic E-state index is 0. The number of hydrogen-bond acceptors (Lipinski definition) is 7. The van der Waals surface area contributed by atoms with Crippen LogP contribution in [-0.2, 0) is 20.2 Å². The van der Waals surface area contributed by atoms with Crippen LogP contribution in [0.15, 0.2) is 46.0 Å². The van der Waals surface area contributed by atoms with E-state index in [1.807, 2.05) is 43.4 Å². The number of rotatable bonds is 10. The van der Waals surface area contributed by atoms with E-state index in [2.05, 4.69) is 36.8 Å². The SMILES string of the molecule is COc1cc(CNCCSc2nnnn2C)cc(Br)c1OCc1ccccc1Cl.Cl. The lowest BCUT2D eigenvalue weighted by atomic mass is 10.2. The maximum Gasteiger partial charge on any atom is 0.209 e. The Labute approximate surface area is 199 Å². The molecule has 30 heavy (non-hydrogen) atoms. The molecule has 0 atom stereocenters. The van der Waals surface area contributed by atoms with Crippen LogP contribution >= 0.6 is 51.7 Å². The van der Waals surface area contributed by atoms with Crippen LogP contribution in [0.3, 0.4) is 0 Å². The molecule has 2 aromatic carbocycles. The lowest BCUT2D eigenvalue weighted by Gasteiger charge is -2.15. The molecule has 0 bridgehead atoms. The Kier molecular flexibility index (Phi) is 10.2. The van der Waals surface area contributed by atoms with E-state index in [1.54, 1.807) is 23.6 Å². The molecule has 0 aliphatic rings. The van der Waals surface area contributed by atoms with Crippen molar-refractivity contribution in [1.29, 1.82) is 0 Å². The number of nitrogens with zero attached hydrogens (tertiary/aromatic N) is 4. The van der Waals surface area contributed by atoms with Crippen LogP contribution in [0.5, 0.6) is 11.5 Å². The first kappa shape index (κ1) is 24.7. The average molecular weight is 535 g/mol. The Morgan fingerprint density at radius 3 is 2.77 bits per heavy atom. The predicted molar refractivity (Wildman–Crippen MR) is 125 cm³/mol. The molecule has 0 aliphatic carbocycles. The highest BCUT2D eigenvalue weighted by molar-refractivity contribution is 9.10. The molecule has 3 aromatic rings. The molecular weight excluding hydrogens is 513 g/mol. The number of nitrogens with one attached hydrogen (secondary N) is 1. The normalized spacial score (nSPS) is 10.5. The van der Waals surface area contributed by atoms with E-state index in [-0.39, 0.29) is 12.4 Å². The van der Waals surface area contributed by atoms with Gasteiger partial charge in [-0.15, -0.1) is 17.5 Å². The largest absolute Gasteiger partial charge is 0.493 e. The highest BCUT2D eigenvalue weighted by atomic mass is 79.9. The van der Waals surface area contributed by atoms with Crippen molar-refractivity contribution in [2.75, 3.05) is 19.4 Å². The van der Waals surface area contributed by atoms with Crippen molar-refractivity contribution >= 4 is 51.7 Å². The van der Waals surface area contributed by atoms with E-state index in [9.17, 15) is 0 Å². The van der Waals surface area contributed by atoms with Crippen LogP contribution in [0, 0.1) is 0 Å². The summed E-state index contributed by atoms with van der Waals surface area (Å²) in [6, 6.07) is 11.6. The number of aromatic nitrogens is 4. The van der Waals surface area contributed by atoms with Crippen LogP contribution in [0.4, 0.5) is 0 Å². The van der Waals surface area contributed by atoms with Gasteiger partial charge < -0.3 is 14.8 Å². The molecule has 0 unspecified atom stereocenters. The van der Waals surface area contributed by atoms with Crippen molar-refractivity contribution in [2.45, 2.75) is 18.3 Å². The van der Waals surface area contributed by atoms with Crippen molar-refractivity contribution in [2.24, 2.45) is 7.05 Å². The number of methoxy groups -OCH3 is 1. The van der Waals surface area contributed by atoms with Crippen LogP contribution < -0.4 is 14.8 Å². The number of thioether (sulfide) groups is 1. The van der Waals surface area contributed by atoms with Gasteiger partial charge in [-0.05, 0) is 50.1 Å². The zero-order valence-corrected chi connectivity index (χ0v) is 20.4. The zero-order valence-electron chi connectivity index (χ0n) is 16.5. The van der Waals surface area contributed by atoms with Gasteiger partial charge in [0.1, 0.15) is 6.61 Å². The summed E-state index contributed by atoms with van der Waals surface area (Å²) >= 11 is 11.4. The molecule has 0 spiro atoms. The quantitative estimate of drug-likeness (QED) is 0.303. The fourth-order valence-electron chi connectivity index (χ4n) is 2.57. The molecule has 0 amide bonds. The minimum Gasteiger partial charge on any atom is -0.493 e. The van der Waals surface area contributed by atoms with Gasteiger partial charge in [-0.1, -0.05) is 41.6 Å². The summed E-state index contributed by atoms with van der Waals surface area (Å²) < 4.78 is 14.0. The summed E-state index contributed by atoms with van der Waals surface area (Å²) in [4.78, 5) is 0. The van der Waals surface area contributed by atoms with Crippen molar-refractivity contribution in [3.63, 3.8) is 0 Å². The van der Waals surface area contributed by atoms with Crippen LogP contribution in [0.25, 0.3) is 0 Å². The Morgan fingerprint density at radius 2 is 2.07 bits per heavy atom. The molecule has 1 N–H and O–H groups in total. The second kappa shape index (κ2) is 12.4. The Balaban J connectivity index is 0.00000320. The Morgan fingerprint density at radius 1 is 1.27 bits per heavy atom. The molecule has 11 heteroatoms. The number of halogens is 3. The van der Waals surface area contributed by atoms with Crippen LogP contribution in [0.1, 0.15) is 11.1 Å². The molecule has 0 saturated carbocycles. The van der Waals surface area contributed by atoms with E-state index in [1.165, 1.54) is 0 Å². The lowest BCUT2D eigenvalue weighted by Crippen LogP contribution is -2.17. The minimum absolute atomic E-state index is 0. The van der Waals surface area contributed by atoms with Crippen LogP contribution in [-0.4, -0.2) is 39.6 Å². The number of aryl methyl sites for hydroxylation is 1. The highest BCUT2D eigenvalue weighted by Gasteiger charge is 2.13. The second-order valence-corrected chi connectivity index (χ2v) is 8.42. The molecular formula is C19H22BrCl2N5O2S. The maximum atomic E-state index is 6.21. The summed E-state index contributed by atoms with van der Waals surface area (Å²) in [7, 11) is 3.46. The molecule has 0 fully saturated rings. The average Bonchev–Trinajstić information content (AvgIpc) is 3.12. The van der Waals surface area contributed by atoms with Crippen molar-refractivity contribution in [1.82, 2.24) is 25.5 Å². The summed E-state index contributed by atoms with van der Waals surface area (Å²) in [5.74, 6) is 2.19. The molecule has 1 aromatic heterocycles. The van der Waals surface area contributed by atoms with Gasteiger partial charge in [0.25, 0.3) is 0 Å². The number of tetrazole rings is 1. The third-order valence-corrected chi connectivity index (χ3v) is 6.01. The first-order valence-electron chi connectivity index (χ1n) is 8.87. The topological polar surface area (TPSA) is 74.1 Å². The van der Waals surface area contributed by atoms with E-state index in [4.69, 9.17) is 21.1 Å². The van der Waals surface area contributed by atoms with Gasteiger partial charge in [0.2, 0.25) is 5.16 Å². The van der Waals surface area contributed by atoms with Gasteiger partial charge in [-0.3, -0.25) is 0 Å². The summed E-state index contributed by atoms with van der Waals surface area (Å²) in [6.07, 6.45) is 0. The first-order chi connectivity index (χ1) is 14.1. The van der Waals surface area contributed by atoms with E-state index in [0.717, 1.165) is 33.1 Å². The van der Waals surface area contributed by atoms with Gasteiger partial charge in [-0.2, -0.15) is 0 Å². The summed E-state index contributed by atoms with van der Waals surface area (Å²) in [5.41, 5.74) is 2.01. The number of hydrogen-bond donors (Lipinski definition) is 1. The lowest BCUT2D eigenvalue weighted by molar-refractivity contribution is 0.282. The third kappa shape index (κ3) is 6.75. The molecule has 0 radical (unpaired) electrons. The Bertz CT molecular complexity index is 960. The van der Waals surface area contributed by atoms with Gasteiger partial charge in [-0.25, -0.2) is 4.68 Å². The highest BCUT2D eigenvalue weighted by Crippen LogP contribution is 2.37. The molecule has 3 rings (SSSR count). The van der Waals surface area contributed by atoms with Gasteiger partial charge in [0.15, 0.2) is 11.5 Å². The fourth-order valence-corrected chi connectivity index (χ4v) is 4.11. The molecule has 0 aliphatic heterocycles. The number of benzene rings is 2. The number of ether oxygens (including phenoxy) is 2. The molecule has 162 valence electrons. The maximum absolute atomic E-state index is 6.21. The monoisotopic (exact) mass is 533 g/mol. The first-order valence-corrected chi connectivity index (χ1v) is 11.0. The van der Waals surface area contributed by atoms with Crippen LogP contribution in [0.2, 0.25) is 5.02 Å². The predicted octanol–water partition coefficient (Wildman–Crippen LogP) is 4.52. The molecule has 0 saturated heterocycles. The van der Waals surface area contributed by atoms with Gasteiger partial charge in [0, 0.05) is 36.5 Å². The molecule has 1 heterocycles. The second-order valence-electron chi connectivity index (χ2n) is 6.10. The fraction of sp³-hybridized carbons (Fsp3) is 0.316. The smallest absolute Gasteiger partial charge is 0.209 e. The summed E-state index contributed by atoms with van der Waals surface area (Å²) in [5, 5.41) is 16.3. The molecule has 7 nitrogen and oxygen atoms in total. The van der Waals surface area contributed by atoms with E-state index >= 15 is 0 Å². The van der Waals surface area contributed by atoms with Crippen molar-refractivity contribution in [3.05, 3.63) is 57.0 Å². The van der Waals surface area contributed by atoms with Crippen molar-refractivity contribution in [3.8, 4) is 11.5 Å². The van der Waals surface area contributed by atoms with Crippen molar-refractivity contribution < 1.29 is 9.47 Å². The van der Waals surface area contributed by atoms with Gasteiger partial charge in [0.05, 0.1) is 11.6 Å². The zero-order chi connectivity index (χ0) is 20.6. The Hall–Kier alpha value is -1.52. The third-order valence-electron chi connectivity index (χ3n) is 4.04. The summed E-state index contributed by atoms with van der Waals surface area (Å²) in [6.45, 7) is 1.89.